The van der Waals surface area contributed by atoms with E-state index in [1.165, 1.54) is 0 Å². The Hall–Kier alpha value is -1.42. The van der Waals surface area contributed by atoms with Gasteiger partial charge in [-0.3, -0.25) is 0 Å². The summed E-state index contributed by atoms with van der Waals surface area (Å²) in [6.07, 6.45) is 0.607. The molecule has 1 aliphatic heterocycles. The van der Waals surface area contributed by atoms with Crippen molar-refractivity contribution in [1.82, 2.24) is 0 Å². The van der Waals surface area contributed by atoms with Crippen molar-refractivity contribution in [2.45, 2.75) is 12.5 Å². The third-order valence-electron chi connectivity index (χ3n) is 3.45. The lowest BCUT2D eigenvalue weighted by atomic mass is 9.98. The molecule has 1 aliphatic rings. The number of ether oxygens (including phenoxy) is 2. The molecular weight excluding hydrogens is 309 g/mol. The first-order valence-corrected chi connectivity index (χ1v) is 7.49. The van der Waals surface area contributed by atoms with Crippen LogP contribution in [0.2, 0.25) is 10.0 Å². The van der Waals surface area contributed by atoms with Gasteiger partial charge in [0.1, 0.15) is 13.2 Å². The average molecular weight is 324 g/mol. The number of fused-ring (bicyclic) bond motifs is 1. The van der Waals surface area contributed by atoms with Crippen LogP contribution >= 0.6 is 23.2 Å². The molecule has 2 aromatic carbocycles. The summed E-state index contributed by atoms with van der Waals surface area (Å²) in [4.78, 5) is 0. The fraction of sp³-hybridized carbons (Fsp3) is 0.250. The molecule has 5 heteroatoms. The van der Waals surface area contributed by atoms with Crippen molar-refractivity contribution in [2.75, 3.05) is 13.2 Å². The maximum atomic E-state index is 6.33. The molecule has 0 saturated heterocycles. The number of halogens is 2. The van der Waals surface area contributed by atoms with Gasteiger partial charge in [0, 0.05) is 21.7 Å². The Morgan fingerprint density at radius 1 is 1.10 bits per heavy atom. The van der Waals surface area contributed by atoms with Crippen molar-refractivity contribution in [3.63, 3.8) is 0 Å². The number of hydrogen-bond donors (Lipinski definition) is 1. The van der Waals surface area contributed by atoms with Crippen LogP contribution in [0.3, 0.4) is 0 Å². The van der Waals surface area contributed by atoms with Crippen LogP contribution in [-0.4, -0.2) is 13.2 Å². The van der Waals surface area contributed by atoms with Crippen LogP contribution in [0.4, 0.5) is 0 Å². The van der Waals surface area contributed by atoms with E-state index in [1.807, 2.05) is 30.3 Å². The van der Waals surface area contributed by atoms with Gasteiger partial charge in [-0.25, -0.2) is 0 Å². The number of para-hydroxylation sites is 1. The van der Waals surface area contributed by atoms with Crippen LogP contribution in [-0.2, 0) is 6.42 Å². The van der Waals surface area contributed by atoms with E-state index in [0.29, 0.717) is 29.7 Å². The fourth-order valence-corrected chi connectivity index (χ4v) is 2.91. The van der Waals surface area contributed by atoms with Gasteiger partial charge in [-0.1, -0.05) is 41.4 Å². The number of benzene rings is 2. The van der Waals surface area contributed by atoms with Gasteiger partial charge in [-0.15, -0.1) is 0 Å². The first kappa shape index (κ1) is 14.5. The molecule has 2 N–H and O–H groups in total. The quantitative estimate of drug-likeness (QED) is 0.928. The molecule has 1 heterocycles. The normalized spacial score (nSPS) is 14.8. The molecule has 21 heavy (non-hydrogen) atoms. The van der Waals surface area contributed by atoms with E-state index < -0.39 is 0 Å². The molecule has 2 aromatic rings. The Kier molecular flexibility index (Phi) is 4.24. The zero-order valence-electron chi connectivity index (χ0n) is 11.3. The Bertz CT molecular complexity index is 661. The van der Waals surface area contributed by atoms with Gasteiger partial charge in [0.2, 0.25) is 0 Å². The lowest BCUT2D eigenvalue weighted by Crippen LogP contribution is -2.20. The van der Waals surface area contributed by atoms with Crippen LogP contribution in [0.5, 0.6) is 11.5 Å². The van der Waals surface area contributed by atoms with Crippen molar-refractivity contribution in [2.24, 2.45) is 5.73 Å². The third-order valence-corrected chi connectivity index (χ3v) is 4.04. The Morgan fingerprint density at radius 2 is 1.90 bits per heavy atom. The Labute approximate surface area is 133 Å². The minimum absolute atomic E-state index is 0.222. The zero-order chi connectivity index (χ0) is 14.8. The maximum absolute atomic E-state index is 6.33. The van der Waals surface area contributed by atoms with Gasteiger partial charge in [-0.2, -0.15) is 0 Å². The number of hydrogen-bond acceptors (Lipinski definition) is 3. The predicted octanol–water partition coefficient (Wildman–Crippen LogP) is 4.01. The van der Waals surface area contributed by atoms with E-state index in [2.05, 4.69) is 0 Å². The van der Waals surface area contributed by atoms with E-state index >= 15 is 0 Å². The summed E-state index contributed by atoms with van der Waals surface area (Å²) < 4.78 is 11.3. The standard InChI is InChI=1S/C16H15Cl2NO2/c17-11-5-4-10(13(18)9-11)8-14(19)12-2-1-3-15-16(12)21-7-6-20-15/h1-5,9,14H,6-8,19H2. The summed E-state index contributed by atoms with van der Waals surface area (Å²) in [5.74, 6) is 1.48. The molecule has 0 spiro atoms. The topological polar surface area (TPSA) is 44.5 Å². The van der Waals surface area contributed by atoms with Gasteiger partial charge in [0.05, 0.1) is 0 Å². The molecule has 110 valence electrons. The summed E-state index contributed by atoms with van der Waals surface area (Å²) in [5, 5.41) is 1.24. The van der Waals surface area contributed by atoms with E-state index in [-0.39, 0.29) is 6.04 Å². The summed E-state index contributed by atoms with van der Waals surface area (Å²) >= 11 is 12.1. The molecule has 0 saturated carbocycles. The van der Waals surface area contributed by atoms with E-state index in [0.717, 1.165) is 22.6 Å². The van der Waals surface area contributed by atoms with E-state index in [4.69, 9.17) is 38.4 Å². The van der Waals surface area contributed by atoms with Crippen molar-refractivity contribution >= 4 is 23.2 Å². The van der Waals surface area contributed by atoms with Crippen molar-refractivity contribution in [1.29, 1.82) is 0 Å². The molecule has 0 amide bonds. The monoisotopic (exact) mass is 323 g/mol. The molecule has 0 radical (unpaired) electrons. The van der Waals surface area contributed by atoms with Crippen LogP contribution in [0.25, 0.3) is 0 Å². The smallest absolute Gasteiger partial charge is 0.166 e. The van der Waals surface area contributed by atoms with Crippen LogP contribution in [0.15, 0.2) is 36.4 Å². The predicted molar refractivity (Wildman–Crippen MR) is 84.5 cm³/mol. The first-order chi connectivity index (χ1) is 10.1. The second kappa shape index (κ2) is 6.14. The zero-order valence-corrected chi connectivity index (χ0v) is 12.8. The molecule has 3 rings (SSSR count). The molecule has 0 aliphatic carbocycles. The van der Waals surface area contributed by atoms with E-state index in [1.54, 1.807) is 6.07 Å². The van der Waals surface area contributed by atoms with Gasteiger partial charge in [0.15, 0.2) is 11.5 Å². The van der Waals surface area contributed by atoms with Crippen molar-refractivity contribution in [3.05, 3.63) is 57.6 Å². The third kappa shape index (κ3) is 3.10. The van der Waals surface area contributed by atoms with Gasteiger partial charge >= 0.3 is 0 Å². The molecule has 3 nitrogen and oxygen atoms in total. The van der Waals surface area contributed by atoms with Crippen molar-refractivity contribution < 1.29 is 9.47 Å². The SMILES string of the molecule is NC(Cc1ccc(Cl)cc1Cl)c1cccc2c1OCCO2. The largest absolute Gasteiger partial charge is 0.486 e. The van der Waals surface area contributed by atoms with E-state index in [9.17, 15) is 0 Å². The number of rotatable bonds is 3. The van der Waals surface area contributed by atoms with Gasteiger partial charge < -0.3 is 15.2 Å². The van der Waals surface area contributed by atoms with Crippen LogP contribution < -0.4 is 15.2 Å². The highest BCUT2D eigenvalue weighted by Crippen LogP contribution is 2.37. The minimum atomic E-state index is -0.222. The summed E-state index contributed by atoms with van der Waals surface area (Å²) in [7, 11) is 0. The summed E-state index contributed by atoms with van der Waals surface area (Å²) in [6, 6.07) is 11.0. The highest BCUT2D eigenvalue weighted by molar-refractivity contribution is 6.35. The maximum Gasteiger partial charge on any atom is 0.166 e. The number of nitrogens with two attached hydrogens (primary N) is 1. The Balaban J connectivity index is 1.87. The molecule has 0 bridgehead atoms. The second-order valence-corrected chi connectivity index (χ2v) is 5.76. The van der Waals surface area contributed by atoms with Crippen LogP contribution in [0.1, 0.15) is 17.2 Å². The second-order valence-electron chi connectivity index (χ2n) is 4.92. The van der Waals surface area contributed by atoms with Crippen molar-refractivity contribution in [3.8, 4) is 11.5 Å². The Morgan fingerprint density at radius 3 is 2.71 bits per heavy atom. The summed E-state index contributed by atoms with van der Waals surface area (Å²) in [5.41, 5.74) is 8.22. The fourth-order valence-electron chi connectivity index (χ4n) is 2.42. The molecule has 0 fully saturated rings. The average Bonchev–Trinajstić information content (AvgIpc) is 2.49. The van der Waals surface area contributed by atoms with Gasteiger partial charge in [-0.05, 0) is 30.2 Å². The molecule has 1 unspecified atom stereocenters. The highest BCUT2D eigenvalue weighted by Gasteiger charge is 2.20. The molecular formula is C16H15Cl2NO2. The minimum Gasteiger partial charge on any atom is -0.486 e. The molecule has 1 atom stereocenters. The van der Waals surface area contributed by atoms with Crippen LogP contribution in [0, 0.1) is 0 Å². The first-order valence-electron chi connectivity index (χ1n) is 6.73. The highest BCUT2D eigenvalue weighted by atomic mass is 35.5. The summed E-state index contributed by atoms with van der Waals surface area (Å²) in [6.45, 7) is 1.10. The molecule has 0 aromatic heterocycles. The van der Waals surface area contributed by atoms with Gasteiger partial charge in [0.25, 0.3) is 0 Å². The lowest BCUT2D eigenvalue weighted by molar-refractivity contribution is 0.169. The lowest BCUT2D eigenvalue weighted by Gasteiger charge is -2.23.